The number of aromatic nitrogens is 1. The minimum Gasteiger partial charge on any atom is -0.496 e. The second-order valence-electron chi connectivity index (χ2n) is 3.40. The Morgan fingerprint density at radius 1 is 1.53 bits per heavy atom. The summed E-state index contributed by atoms with van der Waals surface area (Å²) in [6.45, 7) is 0. The second-order valence-corrected chi connectivity index (χ2v) is 3.40. The second kappa shape index (κ2) is 3.90. The smallest absolute Gasteiger partial charge is 0.166 e. The molecule has 0 aromatic carbocycles. The van der Waals surface area contributed by atoms with Crippen molar-refractivity contribution in [3.63, 3.8) is 0 Å². The van der Waals surface area contributed by atoms with Crippen LogP contribution in [0.2, 0.25) is 0 Å². The normalized spacial score (nSPS) is 19.3. The minimum absolute atomic E-state index is 0.0207. The van der Waals surface area contributed by atoms with Crippen molar-refractivity contribution in [2.45, 2.75) is 12.5 Å². The van der Waals surface area contributed by atoms with Crippen molar-refractivity contribution in [2.75, 3.05) is 14.2 Å². The highest BCUT2D eigenvalue weighted by Crippen LogP contribution is 2.34. The van der Waals surface area contributed by atoms with Crippen LogP contribution < -0.4 is 0 Å². The maximum atomic E-state index is 10.7. The molecule has 1 aliphatic carbocycles. The minimum atomic E-state index is -0.0207. The van der Waals surface area contributed by atoms with Crippen LogP contribution in [0.25, 0.3) is 5.76 Å². The van der Waals surface area contributed by atoms with Gasteiger partial charge in [-0.1, -0.05) is 0 Å². The Kier molecular flexibility index (Phi) is 2.60. The van der Waals surface area contributed by atoms with Gasteiger partial charge in [0.1, 0.15) is 11.9 Å². The summed E-state index contributed by atoms with van der Waals surface area (Å²) < 4.78 is 10.6. The number of aromatic amines is 1. The zero-order chi connectivity index (χ0) is 10.8. The van der Waals surface area contributed by atoms with Crippen molar-refractivity contribution in [2.24, 2.45) is 0 Å². The molecule has 0 spiro atoms. The van der Waals surface area contributed by atoms with Crippen LogP contribution in [-0.4, -0.2) is 25.5 Å². The van der Waals surface area contributed by atoms with E-state index in [-0.39, 0.29) is 6.10 Å². The van der Waals surface area contributed by atoms with E-state index in [4.69, 9.17) is 9.47 Å². The standard InChI is InChI=1S/C11H13NO3/c1-14-9-3-4-10(15-2)11-8(9)5-7(6-13)12-11/h3,5-6,10,12H,4H2,1-2H3. The van der Waals surface area contributed by atoms with Gasteiger partial charge >= 0.3 is 0 Å². The lowest BCUT2D eigenvalue weighted by molar-refractivity contribution is 0.0997. The molecule has 0 saturated heterocycles. The van der Waals surface area contributed by atoms with Crippen LogP contribution >= 0.6 is 0 Å². The number of fused-ring (bicyclic) bond motifs is 1. The summed E-state index contributed by atoms with van der Waals surface area (Å²) in [5.41, 5.74) is 2.38. The number of carbonyl (C=O) groups is 1. The van der Waals surface area contributed by atoms with Gasteiger partial charge in [0.2, 0.25) is 0 Å². The predicted octanol–water partition coefficient (Wildman–Crippen LogP) is 1.91. The topological polar surface area (TPSA) is 51.3 Å². The molecule has 0 aliphatic heterocycles. The van der Waals surface area contributed by atoms with E-state index in [2.05, 4.69) is 4.98 Å². The molecular weight excluding hydrogens is 194 g/mol. The summed E-state index contributed by atoms with van der Waals surface area (Å²) in [4.78, 5) is 13.7. The molecular formula is C11H13NO3. The maximum absolute atomic E-state index is 10.7. The van der Waals surface area contributed by atoms with Crippen LogP contribution in [0.1, 0.15) is 34.3 Å². The molecule has 15 heavy (non-hydrogen) atoms. The number of ether oxygens (including phenoxy) is 2. The van der Waals surface area contributed by atoms with Gasteiger partial charge in [0, 0.05) is 19.1 Å². The van der Waals surface area contributed by atoms with E-state index in [1.807, 2.05) is 6.08 Å². The highest BCUT2D eigenvalue weighted by molar-refractivity contribution is 5.77. The molecule has 80 valence electrons. The van der Waals surface area contributed by atoms with Gasteiger partial charge in [-0.15, -0.1) is 0 Å². The fourth-order valence-corrected chi connectivity index (χ4v) is 1.86. The molecule has 0 fully saturated rings. The Morgan fingerprint density at radius 3 is 2.93 bits per heavy atom. The highest BCUT2D eigenvalue weighted by Gasteiger charge is 2.24. The average Bonchev–Trinajstić information content (AvgIpc) is 2.71. The first-order chi connectivity index (χ1) is 7.30. The quantitative estimate of drug-likeness (QED) is 0.770. The molecule has 0 saturated carbocycles. The number of rotatable bonds is 3. The van der Waals surface area contributed by atoms with Crippen LogP contribution in [0.5, 0.6) is 0 Å². The number of hydrogen-bond acceptors (Lipinski definition) is 3. The lowest BCUT2D eigenvalue weighted by atomic mass is 10.0. The first kappa shape index (κ1) is 9.98. The third kappa shape index (κ3) is 1.57. The molecule has 2 rings (SSSR count). The van der Waals surface area contributed by atoms with E-state index in [0.29, 0.717) is 5.69 Å². The van der Waals surface area contributed by atoms with Crippen molar-refractivity contribution < 1.29 is 14.3 Å². The van der Waals surface area contributed by atoms with Crippen molar-refractivity contribution in [3.8, 4) is 0 Å². The van der Waals surface area contributed by atoms with Crippen LogP contribution in [0.3, 0.4) is 0 Å². The lowest BCUT2D eigenvalue weighted by Gasteiger charge is -2.20. The van der Waals surface area contributed by atoms with Crippen molar-refractivity contribution >= 4 is 12.0 Å². The number of carbonyl (C=O) groups excluding carboxylic acids is 1. The van der Waals surface area contributed by atoms with E-state index in [1.165, 1.54) is 0 Å². The molecule has 1 aromatic rings. The lowest BCUT2D eigenvalue weighted by Crippen LogP contribution is -2.08. The van der Waals surface area contributed by atoms with Crippen molar-refractivity contribution in [1.82, 2.24) is 4.98 Å². The van der Waals surface area contributed by atoms with Crippen LogP contribution in [-0.2, 0) is 9.47 Å². The van der Waals surface area contributed by atoms with Crippen molar-refractivity contribution in [3.05, 3.63) is 29.1 Å². The Labute approximate surface area is 87.9 Å². The molecule has 0 bridgehead atoms. The van der Waals surface area contributed by atoms with Gasteiger partial charge in [-0.2, -0.15) is 0 Å². The first-order valence-corrected chi connectivity index (χ1v) is 4.75. The van der Waals surface area contributed by atoms with E-state index in [1.54, 1.807) is 20.3 Å². The third-order valence-corrected chi connectivity index (χ3v) is 2.61. The molecule has 4 nitrogen and oxygen atoms in total. The molecule has 1 aliphatic rings. The van der Waals surface area contributed by atoms with E-state index < -0.39 is 0 Å². The van der Waals surface area contributed by atoms with E-state index in [0.717, 1.165) is 29.7 Å². The zero-order valence-corrected chi connectivity index (χ0v) is 8.74. The van der Waals surface area contributed by atoms with Gasteiger partial charge in [0.15, 0.2) is 6.29 Å². The summed E-state index contributed by atoms with van der Waals surface area (Å²) >= 11 is 0. The molecule has 1 unspecified atom stereocenters. The fraction of sp³-hybridized carbons (Fsp3) is 0.364. The number of H-pyrrole nitrogens is 1. The highest BCUT2D eigenvalue weighted by atomic mass is 16.5. The molecule has 1 N–H and O–H groups in total. The summed E-state index contributed by atoms with van der Waals surface area (Å²) in [6, 6.07) is 1.78. The zero-order valence-electron chi connectivity index (χ0n) is 8.74. The summed E-state index contributed by atoms with van der Waals surface area (Å²) in [6.07, 6.45) is 3.50. The maximum Gasteiger partial charge on any atom is 0.166 e. The molecule has 0 amide bonds. The number of methoxy groups -OCH3 is 2. The Morgan fingerprint density at radius 2 is 2.33 bits per heavy atom. The van der Waals surface area contributed by atoms with Gasteiger partial charge < -0.3 is 14.5 Å². The number of hydrogen-bond donors (Lipinski definition) is 1. The Hall–Kier alpha value is -1.55. The summed E-state index contributed by atoms with van der Waals surface area (Å²) in [5, 5.41) is 0. The SMILES string of the molecule is COC1=CCC(OC)c2[nH]c(C=O)cc21. The Bertz CT molecular complexity index is 406. The first-order valence-electron chi connectivity index (χ1n) is 4.75. The van der Waals surface area contributed by atoms with E-state index in [9.17, 15) is 4.79 Å². The summed E-state index contributed by atoms with van der Waals surface area (Å²) in [7, 11) is 3.28. The van der Waals surface area contributed by atoms with Crippen LogP contribution in [0.15, 0.2) is 12.1 Å². The molecule has 0 radical (unpaired) electrons. The van der Waals surface area contributed by atoms with Gasteiger partial charge in [-0.3, -0.25) is 4.79 Å². The van der Waals surface area contributed by atoms with Crippen LogP contribution in [0.4, 0.5) is 0 Å². The Balaban J connectivity index is 2.48. The van der Waals surface area contributed by atoms with Gasteiger partial charge in [-0.25, -0.2) is 0 Å². The van der Waals surface area contributed by atoms with Crippen molar-refractivity contribution in [1.29, 1.82) is 0 Å². The molecule has 1 heterocycles. The van der Waals surface area contributed by atoms with Crippen LogP contribution in [0, 0.1) is 0 Å². The average molecular weight is 207 g/mol. The number of nitrogens with one attached hydrogen (secondary N) is 1. The fourth-order valence-electron chi connectivity index (χ4n) is 1.86. The van der Waals surface area contributed by atoms with Gasteiger partial charge in [-0.05, 0) is 12.1 Å². The summed E-state index contributed by atoms with van der Waals surface area (Å²) in [5.74, 6) is 0.794. The molecule has 4 heteroatoms. The van der Waals surface area contributed by atoms with Gasteiger partial charge in [0.25, 0.3) is 0 Å². The molecule has 1 atom stereocenters. The monoisotopic (exact) mass is 207 g/mol. The van der Waals surface area contributed by atoms with E-state index >= 15 is 0 Å². The number of aldehydes is 1. The third-order valence-electron chi connectivity index (χ3n) is 2.61. The largest absolute Gasteiger partial charge is 0.496 e. The predicted molar refractivity (Wildman–Crippen MR) is 55.5 cm³/mol. The van der Waals surface area contributed by atoms with Gasteiger partial charge in [0.05, 0.1) is 18.5 Å². The molecule has 1 aromatic heterocycles.